The monoisotopic (exact) mass is 607 g/mol. The van der Waals surface area contributed by atoms with E-state index in [1.807, 2.05) is 36.5 Å². The second-order valence-corrected chi connectivity index (χ2v) is 13.5. The number of hydrogen-bond donors (Lipinski definition) is 2. The lowest BCUT2D eigenvalue weighted by Crippen LogP contribution is -2.58. The average molecular weight is 608 g/mol. The van der Waals surface area contributed by atoms with Crippen molar-refractivity contribution in [3.63, 3.8) is 0 Å². The van der Waals surface area contributed by atoms with Crippen molar-refractivity contribution in [2.75, 3.05) is 13.7 Å². The van der Waals surface area contributed by atoms with E-state index in [9.17, 15) is 9.90 Å². The van der Waals surface area contributed by atoms with Gasteiger partial charge >= 0.3 is 0 Å². The summed E-state index contributed by atoms with van der Waals surface area (Å²) in [6, 6.07) is 12.8. The van der Waals surface area contributed by atoms with Gasteiger partial charge in [-0.1, -0.05) is 18.2 Å². The second kappa shape index (κ2) is 10.7. The number of nitrogens with two attached hydrogens (primary N) is 1. The predicted molar refractivity (Wildman–Crippen MR) is 174 cm³/mol. The van der Waals surface area contributed by atoms with Crippen LogP contribution < -0.4 is 10.5 Å². The molecule has 4 atom stereocenters. The molecule has 9 rings (SSSR count). The van der Waals surface area contributed by atoms with Crippen LogP contribution in [0.3, 0.4) is 0 Å². The van der Waals surface area contributed by atoms with Crippen LogP contribution in [0.25, 0.3) is 44.6 Å². The molecule has 45 heavy (non-hydrogen) atoms. The van der Waals surface area contributed by atoms with Gasteiger partial charge < -0.3 is 29.6 Å². The topological polar surface area (TPSA) is 116 Å². The van der Waals surface area contributed by atoms with E-state index < -0.39 is 6.10 Å². The van der Waals surface area contributed by atoms with Crippen LogP contribution in [0.15, 0.2) is 48.8 Å². The van der Waals surface area contributed by atoms with E-state index in [0.717, 1.165) is 76.9 Å². The first kappa shape index (κ1) is 28.3. The third-order valence-electron chi connectivity index (χ3n) is 10.2. The number of benzene rings is 2. The highest BCUT2D eigenvalue weighted by Crippen LogP contribution is 2.41. The Bertz CT molecular complexity index is 1930. The van der Waals surface area contributed by atoms with Gasteiger partial charge in [0.25, 0.3) is 5.91 Å². The first-order valence-corrected chi connectivity index (χ1v) is 16.2. The number of amides is 1. The number of aliphatic hydroxyl groups excluding tert-OH is 1. The smallest absolute Gasteiger partial charge is 0.254 e. The van der Waals surface area contributed by atoms with Gasteiger partial charge in [-0.05, 0) is 69.1 Å². The van der Waals surface area contributed by atoms with E-state index in [1.165, 1.54) is 12.8 Å². The van der Waals surface area contributed by atoms with Crippen LogP contribution in [-0.4, -0.2) is 71.7 Å². The Morgan fingerprint density at radius 3 is 2.71 bits per heavy atom. The fourth-order valence-corrected chi connectivity index (χ4v) is 7.75. The standard InChI is InChI=1S/C35H41N7O3/c1-20(43)16-40-18-25(15-37-40)27-6-4-5-22-12-30(42(32(22)27)17-21-7-8-21)34-38-29-11-24(13-31(45-3)33(29)39(34)2)35(44)41-19-23-9-10-26(41)14-28(23)36/h4-6,11-13,15,18,20-21,23,26,28,43H,7-10,14,16-17,19,36H2,1-3H3/t20-,23-,26-,28+/m1/s1. The lowest BCUT2D eigenvalue weighted by Gasteiger charge is -2.48. The lowest BCUT2D eigenvalue weighted by atomic mass is 9.76. The molecule has 4 fully saturated rings. The molecule has 1 amide bonds. The van der Waals surface area contributed by atoms with Gasteiger partial charge in [-0.25, -0.2) is 4.98 Å². The second-order valence-electron chi connectivity index (χ2n) is 13.5. The Morgan fingerprint density at radius 1 is 1.16 bits per heavy atom. The summed E-state index contributed by atoms with van der Waals surface area (Å²) in [5.74, 6) is 2.52. The predicted octanol–water partition coefficient (Wildman–Crippen LogP) is 4.81. The number of hydrogen-bond acceptors (Lipinski definition) is 6. The van der Waals surface area contributed by atoms with Crippen molar-refractivity contribution in [3.05, 3.63) is 54.4 Å². The highest BCUT2D eigenvalue weighted by atomic mass is 16.5. The summed E-state index contributed by atoms with van der Waals surface area (Å²) < 4.78 is 12.2. The van der Waals surface area contributed by atoms with Crippen LogP contribution >= 0.6 is 0 Å². The van der Waals surface area contributed by atoms with Gasteiger partial charge in [0.1, 0.15) is 11.3 Å². The SMILES string of the molecule is COc1cc(C(=O)N2C[C@H]3CC[C@@H]2C[C@@H]3N)cc2nc(-c3cc4cccc(-c5cnn(C[C@@H](C)O)c5)c4n3CC3CC3)n(C)c12. The Hall–Kier alpha value is -4.15. The zero-order valence-corrected chi connectivity index (χ0v) is 26.2. The third-order valence-corrected chi connectivity index (χ3v) is 10.2. The van der Waals surface area contributed by atoms with Crippen LogP contribution in [0.4, 0.5) is 0 Å². The summed E-state index contributed by atoms with van der Waals surface area (Å²) in [7, 11) is 3.69. The number of methoxy groups -OCH3 is 1. The van der Waals surface area contributed by atoms with Crippen LogP contribution in [0.1, 0.15) is 49.4 Å². The highest BCUT2D eigenvalue weighted by Gasteiger charge is 2.41. The number of imidazole rings is 1. The first-order valence-electron chi connectivity index (χ1n) is 16.2. The van der Waals surface area contributed by atoms with Crippen molar-refractivity contribution in [2.45, 2.75) is 70.3 Å². The molecule has 0 unspecified atom stereocenters. The largest absolute Gasteiger partial charge is 0.494 e. The highest BCUT2D eigenvalue weighted by molar-refractivity contribution is 6.01. The number of carbonyl (C=O) groups is 1. The van der Waals surface area contributed by atoms with Crippen molar-refractivity contribution in [1.29, 1.82) is 0 Å². The van der Waals surface area contributed by atoms with E-state index in [2.05, 4.69) is 38.5 Å². The first-order chi connectivity index (χ1) is 21.8. The van der Waals surface area contributed by atoms with Crippen molar-refractivity contribution >= 4 is 27.8 Å². The minimum Gasteiger partial charge on any atom is -0.494 e. The van der Waals surface area contributed by atoms with Gasteiger partial charge in [-0.3, -0.25) is 9.48 Å². The normalized spacial score (nSPS) is 22.1. The van der Waals surface area contributed by atoms with Crippen LogP contribution in [0.5, 0.6) is 5.75 Å². The van der Waals surface area contributed by atoms with E-state index in [-0.39, 0.29) is 18.0 Å². The Morgan fingerprint density at radius 2 is 2.00 bits per heavy atom. The molecule has 2 aliphatic heterocycles. The van der Waals surface area contributed by atoms with Crippen molar-refractivity contribution in [1.82, 2.24) is 28.8 Å². The van der Waals surface area contributed by atoms with Gasteiger partial charge in [-0.2, -0.15) is 5.10 Å². The maximum Gasteiger partial charge on any atom is 0.254 e. The molecule has 10 heteroatoms. The Balaban J connectivity index is 1.24. The summed E-state index contributed by atoms with van der Waals surface area (Å²) in [6.45, 7) is 3.84. The molecule has 2 saturated heterocycles. The van der Waals surface area contributed by atoms with E-state index in [0.29, 0.717) is 29.7 Å². The minimum absolute atomic E-state index is 0.0348. The Kier molecular flexibility index (Phi) is 6.76. The number of fused-ring (bicyclic) bond motifs is 5. The van der Waals surface area contributed by atoms with Gasteiger partial charge in [0.05, 0.1) is 42.7 Å². The summed E-state index contributed by atoms with van der Waals surface area (Å²) in [6.07, 6.45) is 8.85. The molecular formula is C35H41N7O3. The van der Waals surface area contributed by atoms with Crippen LogP contribution in [-0.2, 0) is 20.1 Å². The molecule has 10 nitrogen and oxygen atoms in total. The zero-order chi connectivity index (χ0) is 31.0. The van der Waals surface area contributed by atoms with Gasteiger partial charge in [0.15, 0.2) is 5.82 Å². The number of rotatable bonds is 8. The van der Waals surface area contributed by atoms with Crippen molar-refractivity contribution in [2.24, 2.45) is 24.6 Å². The van der Waals surface area contributed by atoms with E-state index >= 15 is 0 Å². The summed E-state index contributed by atoms with van der Waals surface area (Å²) >= 11 is 0. The summed E-state index contributed by atoms with van der Waals surface area (Å²) in [5, 5.41) is 15.6. The summed E-state index contributed by atoms with van der Waals surface area (Å²) in [5.41, 5.74) is 12.9. The molecule has 2 aromatic carbocycles. The van der Waals surface area contributed by atoms with Crippen LogP contribution in [0, 0.1) is 11.8 Å². The number of nitrogens with zero attached hydrogens (tertiary/aromatic N) is 6. The number of ether oxygens (including phenoxy) is 1. The molecule has 2 bridgehead atoms. The zero-order valence-electron chi connectivity index (χ0n) is 26.2. The maximum absolute atomic E-state index is 13.9. The van der Waals surface area contributed by atoms with E-state index in [1.54, 1.807) is 18.7 Å². The number of aliphatic hydroxyl groups is 1. The number of carbonyl (C=O) groups excluding carboxylic acids is 1. The molecule has 3 N–H and O–H groups in total. The molecular weight excluding hydrogens is 566 g/mol. The third kappa shape index (κ3) is 4.82. The van der Waals surface area contributed by atoms with Gasteiger partial charge in [0.2, 0.25) is 0 Å². The molecule has 5 aromatic rings. The minimum atomic E-state index is -0.475. The maximum atomic E-state index is 13.9. The number of para-hydroxylation sites is 1. The molecule has 4 aliphatic rings. The molecule has 0 spiro atoms. The molecule has 234 valence electrons. The fourth-order valence-electron chi connectivity index (χ4n) is 7.75. The molecule has 3 aromatic heterocycles. The molecule has 2 saturated carbocycles. The number of piperidine rings is 2. The number of aryl methyl sites for hydroxylation is 1. The average Bonchev–Trinajstić information content (AvgIpc) is 3.46. The van der Waals surface area contributed by atoms with Gasteiger partial charge in [-0.15, -0.1) is 0 Å². The van der Waals surface area contributed by atoms with Crippen LogP contribution in [0.2, 0.25) is 0 Å². The Labute approximate surface area is 262 Å². The van der Waals surface area contributed by atoms with Crippen molar-refractivity contribution < 1.29 is 14.6 Å². The number of aromatic nitrogens is 5. The quantitative estimate of drug-likeness (QED) is 0.262. The summed E-state index contributed by atoms with van der Waals surface area (Å²) in [4.78, 5) is 21.1. The van der Waals surface area contributed by atoms with Gasteiger partial charge in [0, 0.05) is 60.5 Å². The fraction of sp³-hybridized carbons (Fsp3) is 0.457. The lowest BCUT2D eigenvalue weighted by molar-refractivity contribution is 0.0261. The molecule has 5 heterocycles. The molecule has 0 radical (unpaired) electrons. The van der Waals surface area contributed by atoms with Crippen molar-refractivity contribution in [3.8, 4) is 28.4 Å². The molecule has 2 aliphatic carbocycles. The van der Waals surface area contributed by atoms with E-state index in [4.69, 9.17) is 15.5 Å².